The minimum atomic E-state index is -1.01. The van der Waals surface area contributed by atoms with Crippen LogP contribution in [0.1, 0.15) is 30.4 Å². The third-order valence-corrected chi connectivity index (χ3v) is 4.63. The summed E-state index contributed by atoms with van der Waals surface area (Å²) in [4.78, 5) is 30.0. The van der Waals surface area contributed by atoms with Crippen molar-refractivity contribution in [2.75, 3.05) is 26.2 Å². The predicted molar refractivity (Wildman–Crippen MR) is 109 cm³/mol. The number of aliphatic imine (C=N–C) groups is 1. The number of piperidine rings is 1. The van der Waals surface area contributed by atoms with Crippen LogP contribution in [0.3, 0.4) is 0 Å². The SMILES string of the molecule is O=C(O)CN=C(c1ccccc1)c1ccccc1[N-]C(=O)CN1CCCCC1.[Ni]. The maximum atomic E-state index is 12.5. The third-order valence-electron chi connectivity index (χ3n) is 4.63. The number of carboxylic acids is 1. The first kappa shape index (κ1) is 22.8. The van der Waals surface area contributed by atoms with Crippen molar-refractivity contribution in [1.82, 2.24) is 4.90 Å². The van der Waals surface area contributed by atoms with E-state index in [0.29, 0.717) is 23.5 Å². The summed E-state index contributed by atoms with van der Waals surface area (Å²) in [7, 11) is 0. The molecule has 6 nitrogen and oxygen atoms in total. The first-order valence-electron chi connectivity index (χ1n) is 9.51. The van der Waals surface area contributed by atoms with Gasteiger partial charge in [0.1, 0.15) is 6.54 Å². The molecule has 156 valence electrons. The molecule has 2 aromatic rings. The molecule has 0 aliphatic carbocycles. The number of carbonyl (C=O) groups excluding carboxylic acids is 1. The zero-order valence-corrected chi connectivity index (χ0v) is 17.1. The quantitative estimate of drug-likeness (QED) is 0.530. The largest absolute Gasteiger partial charge is 0.625 e. The van der Waals surface area contributed by atoms with Crippen molar-refractivity contribution in [1.29, 1.82) is 0 Å². The zero-order valence-electron chi connectivity index (χ0n) is 16.1. The molecular weight excluding hydrogens is 413 g/mol. The van der Waals surface area contributed by atoms with Gasteiger partial charge in [0.05, 0.1) is 11.6 Å². The molecule has 0 saturated carbocycles. The van der Waals surface area contributed by atoms with Crippen LogP contribution in [-0.2, 0) is 26.1 Å². The number of para-hydroxylation sites is 1. The molecule has 1 heterocycles. The van der Waals surface area contributed by atoms with E-state index >= 15 is 0 Å². The van der Waals surface area contributed by atoms with E-state index in [1.165, 1.54) is 6.42 Å². The summed E-state index contributed by atoms with van der Waals surface area (Å²) in [5.74, 6) is -1.20. The Labute approximate surface area is 181 Å². The molecule has 1 saturated heterocycles. The summed E-state index contributed by atoms with van der Waals surface area (Å²) in [5.41, 5.74) is 2.47. The zero-order chi connectivity index (χ0) is 19.8. The number of nitrogens with zero attached hydrogens (tertiary/aromatic N) is 3. The maximum Gasteiger partial charge on any atom is 0.325 e. The second-order valence-electron chi connectivity index (χ2n) is 6.78. The van der Waals surface area contributed by atoms with Crippen molar-refractivity contribution in [2.24, 2.45) is 4.99 Å². The van der Waals surface area contributed by atoms with Gasteiger partial charge in [-0.15, -0.1) is 5.69 Å². The molecule has 7 heteroatoms. The van der Waals surface area contributed by atoms with E-state index in [1.54, 1.807) is 6.07 Å². The first-order chi connectivity index (χ1) is 13.6. The normalized spacial score (nSPS) is 14.7. The molecule has 1 amide bonds. The van der Waals surface area contributed by atoms with Crippen LogP contribution in [0.15, 0.2) is 59.6 Å². The average molecular weight is 437 g/mol. The van der Waals surface area contributed by atoms with Crippen molar-refractivity contribution in [3.8, 4) is 0 Å². The van der Waals surface area contributed by atoms with E-state index in [0.717, 1.165) is 31.5 Å². The van der Waals surface area contributed by atoms with Crippen LogP contribution in [0.2, 0.25) is 0 Å². The van der Waals surface area contributed by atoms with Gasteiger partial charge in [-0.25, -0.2) is 0 Å². The molecule has 0 unspecified atom stereocenters. The van der Waals surface area contributed by atoms with Crippen molar-refractivity contribution < 1.29 is 31.2 Å². The molecule has 0 spiro atoms. The maximum absolute atomic E-state index is 12.5. The molecule has 29 heavy (non-hydrogen) atoms. The molecule has 1 fully saturated rings. The number of hydrogen-bond acceptors (Lipinski definition) is 4. The van der Waals surface area contributed by atoms with Crippen LogP contribution in [-0.4, -0.2) is 53.8 Å². The fourth-order valence-corrected chi connectivity index (χ4v) is 3.32. The van der Waals surface area contributed by atoms with E-state index in [4.69, 9.17) is 5.11 Å². The molecule has 3 rings (SSSR count). The van der Waals surface area contributed by atoms with Gasteiger partial charge in [0.25, 0.3) is 0 Å². The Kier molecular flexibility index (Phi) is 9.03. The van der Waals surface area contributed by atoms with Crippen LogP contribution in [0.4, 0.5) is 5.69 Å². The van der Waals surface area contributed by atoms with Crippen molar-refractivity contribution >= 4 is 23.3 Å². The topological polar surface area (TPSA) is 84.1 Å². The fourth-order valence-electron chi connectivity index (χ4n) is 3.32. The van der Waals surface area contributed by atoms with Gasteiger partial charge >= 0.3 is 5.97 Å². The molecular formula is C22H24N3NiO3-. The molecule has 0 aromatic heterocycles. The third kappa shape index (κ3) is 6.80. The van der Waals surface area contributed by atoms with Crippen LogP contribution >= 0.6 is 0 Å². The van der Waals surface area contributed by atoms with Crippen LogP contribution in [0.5, 0.6) is 0 Å². The van der Waals surface area contributed by atoms with E-state index in [1.807, 2.05) is 48.5 Å². The average Bonchev–Trinajstić information content (AvgIpc) is 2.70. The minimum absolute atomic E-state index is 0. The molecule has 1 aliphatic rings. The summed E-state index contributed by atoms with van der Waals surface area (Å²) in [6.45, 7) is 1.82. The Balaban J connectivity index is 0.00000300. The van der Waals surface area contributed by atoms with Gasteiger partial charge in [-0.3, -0.25) is 14.7 Å². The fraction of sp³-hybridized carbons (Fsp3) is 0.318. The van der Waals surface area contributed by atoms with Gasteiger partial charge in [0.2, 0.25) is 0 Å². The standard InChI is InChI=1S/C22H25N3O3.Ni/c26-20(16-25-13-7-2-8-14-25)24-19-12-6-5-11-18(19)22(23-15-21(27)28)17-9-3-1-4-10-17;/h1,3-6,9-12H,2,7-8,13-16H2,(H2,23,24,26,27,28);/p-1. The Morgan fingerprint density at radius 3 is 2.31 bits per heavy atom. The van der Waals surface area contributed by atoms with Crippen LogP contribution < -0.4 is 0 Å². The molecule has 0 bridgehead atoms. The number of likely N-dealkylation sites (tertiary alicyclic amines) is 1. The minimum Gasteiger partial charge on any atom is -0.625 e. The van der Waals surface area contributed by atoms with Gasteiger partial charge in [-0.05, 0) is 31.5 Å². The van der Waals surface area contributed by atoms with E-state index < -0.39 is 5.97 Å². The number of amides is 1. The molecule has 0 atom stereocenters. The number of benzene rings is 2. The number of aliphatic carboxylic acids is 1. The van der Waals surface area contributed by atoms with Gasteiger partial charge in [0.15, 0.2) is 0 Å². The van der Waals surface area contributed by atoms with Gasteiger partial charge in [-0.2, -0.15) is 0 Å². The summed E-state index contributed by atoms with van der Waals surface area (Å²) in [6.07, 6.45) is 3.44. The molecule has 0 radical (unpaired) electrons. The summed E-state index contributed by atoms with van der Waals surface area (Å²) in [5, 5.41) is 13.4. The van der Waals surface area contributed by atoms with Gasteiger partial charge in [0, 0.05) is 28.6 Å². The molecule has 1 N–H and O–H groups in total. The number of carboxylic acid groups (broad SMARTS) is 1. The Morgan fingerprint density at radius 1 is 0.966 bits per heavy atom. The number of rotatable bonds is 7. The van der Waals surface area contributed by atoms with E-state index in [9.17, 15) is 9.59 Å². The molecule has 1 aliphatic heterocycles. The summed E-state index contributed by atoms with van der Waals surface area (Å²) in [6, 6.07) is 16.6. The molecule has 2 aromatic carbocycles. The van der Waals surface area contributed by atoms with Crippen molar-refractivity contribution in [2.45, 2.75) is 19.3 Å². The number of hydrogen-bond donors (Lipinski definition) is 1. The van der Waals surface area contributed by atoms with Crippen molar-refractivity contribution in [3.05, 3.63) is 71.0 Å². The Hall–Kier alpha value is -2.50. The predicted octanol–water partition coefficient (Wildman–Crippen LogP) is 3.62. The van der Waals surface area contributed by atoms with E-state index in [-0.39, 0.29) is 28.9 Å². The Morgan fingerprint density at radius 2 is 1.62 bits per heavy atom. The summed E-state index contributed by atoms with van der Waals surface area (Å²) < 4.78 is 0. The second-order valence-corrected chi connectivity index (χ2v) is 6.78. The van der Waals surface area contributed by atoms with Gasteiger partial charge < -0.3 is 15.2 Å². The smallest absolute Gasteiger partial charge is 0.325 e. The summed E-state index contributed by atoms with van der Waals surface area (Å²) >= 11 is 0. The first-order valence-corrected chi connectivity index (χ1v) is 9.51. The monoisotopic (exact) mass is 436 g/mol. The Bertz CT molecular complexity index is 849. The van der Waals surface area contributed by atoms with Gasteiger partial charge in [-0.1, -0.05) is 61.0 Å². The number of carbonyl (C=O) groups is 2. The van der Waals surface area contributed by atoms with Crippen LogP contribution in [0, 0.1) is 0 Å². The van der Waals surface area contributed by atoms with E-state index in [2.05, 4.69) is 15.2 Å². The second kappa shape index (κ2) is 11.5. The van der Waals surface area contributed by atoms with Crippen LogP contribution in [0.25, 0.3) is 5.32 Å². The van der Waals surface area contributed by atoms with Crippen molar-refractivity contribution in [3.63, 3.8) is 0 Å².